The molecule has 5 heteroatoms. The molecule has 1 saturated heterocycles. The van der Waals surface area contributed by atoms with Crippen molar-refractivity contribution < 1.29 is 4.63 Å². The third kappa shape index (κ3) is 4.28. The molecule has 5 nitrogen and oxygen atoms in total. The molecular weight excluding hydrogens is 240 g/mol. The zero-order chi connectivity index (χ0) is 13.9. The minimum Gasteiger partial charge on any atom is -0.311 e. The van der Waals surface area contributed by atoms with Gasteiger partial charge in [-0.2, -0.15) is 0 Å². The topological polar surface area (TPSA) is 54.2 Å². The summed E-state index contributed by atoms with van der Waals surface area (Å²) in [5.74, 6) is 0. The fraction of sp³-hybridized carbons (Fsp3) is 0.857. The van der Waals surface area contributed by atoms with Crippen LogP contribution in [0, 0.1) is 6.92 Å². The molecule has 2 heterocycles. The molecule has 2 rings (SSSR count). The van der Waals surface area contributed by atoms with Gasteiger partial charge in [-0.1, -0.05) is 16.7 Å². The van der Waals surface area contributed by atoms with Crippen molar-refractivity contribution in [1.29, 1.82) is 0 Å². The molecule has 1 atom stereocenters. The van der Waals surface area contributed by atoms with Crippen LogP contribution < -0.4 is 5.32 Å². The molecule has 1 aliphatic heterocycles. The Labute approximate surface area is 115 Å². The highest BCUT2D eigenvalue weighted by atomic mass is 16.6. The van der Waals surface area contributed by atoms with Crippen LogP contribution in [0.5, 0.6) is 0 Å². The first-order chi connectivity index (χ1) is 8.96. The number of aryl methyl sites for hydroxylation is 1. The third-order valence-corrected chi connectivity index (χ3v) is 3.72. The molecule has 0 aromatic carbocycles. The minimum absolute atomic E-state index is 0.175. The molecular formula is C14H26N4O. The summed E-state index contributed by atoms with van der Waals surface area (Å²) in [6.45, 7) is 11.6. The molecule has 0 bridgehead atoms. The van der Waals surface area contributed by atoms with Gasteiger partial charge < -0.3 is 5.32 Å². The van der Waals surface area contributed by atoms with Gasteiger partial charge in [-0.25, -0.2) is 4.63 Å². The van der Waals surface area contributed by atoms with E-state index < -0.39 is 0 Å². The van der Waals surface area contributed by atoms with Crippen LogP contribution in [0.1, 0.15) is 51.4 Å². The molecule has 0 radical (unpaired) electrons. The van der Waals surface area contributed by atoms with Crippen LogP contribution in [0.2, 0.25) is 0 Å². The minimum atomic E-state index is 0.175. The molecule has 108 valence electrons. The van der Waals surface area contributed by atoms with E-state index in [9.17, 15) is 0 Å². The van der Waals surface area contributed by atoms with E-state index in [1.807, 2.05) is 6.92 Å². The Morgan fingerprint density at radius 2 is 2.11 bits per heavy atom. The van der Waals surface area contributed by atoms with Gasteiger partial charge in [-0.05, 0) is 47.1 Å². The molecule has 1 aromatic rings. The number of nitrogens with zero attached hydrogens (tertiary/aromatic N) is 3. The van der Waals surface area contributed by atoms with Crippen LogP contribution >= 0.6 is 0 Å². The molecule has 1 aromatic heterocycles. The smallest absolute Gasteiger partial charge is 0.122 e. The molecule has 0 saturated carbocycles. The first kappa shape index (κ1) is 14.5. The average Bonchev–Trinajstić information content (AvgIpc) is 2.73. The van der Waals surface area contributed by atoms with Crippen molar-refractivity contribution in [3.05, 3.63) is 11.4 Å². The van der Waals surface area contributed by atoms with E-state index in [1.165, 1.54) is 19.3 Å². The zero-order valence-electron chi connectivity index (χ0n) is 12.6. The second kappa shape index (κ2) is 6.01. The number of likely N-dealkylation sites (tertiary alicyclic amines) is 1. The Bertz CT molecular complexity index is 396. The highest BCUT2D eigenvalue weighted by Crippen LogP contribution is 2.20. The number of hydrogen-bond donors (Lipinski definition) is 1. The number of aromatic nitrogens is 2. The van der Waals surface area contributed by atoms with Crippen LogP contribution in [0.15, 0.2) is 4.63 Å². The lowest BCUT2D eigenvalue weighted by Crippen LogP contribution is -2.49. The van der Waals surface area contributed by atoms with E-state index in [0.29, 0.717) is 6.04 Å². The molecule has 0 amide bonds. The summed E-state index contributed by atoms with van der Waals surface area (Å²) in [4.78, 5) is 2.51. The monoisotopic (exact) mass is 266 g/mol. The van der Waals surface area contributed by atoms with Crippen LogP contribution in [0.25, 0.3) is 0 Å². The maximum atomic E-state index is 4.79. The highest BCUT2D eigenvalue weighted by molar-refractivity contribution is 5.05. The SMILES string of the molecule is Cc1nonc1CN1CCCCC1CNC(C)(C)C. The van der Waals surface area contributed by atoms with Crippen molar-refractivity contribution in [2.24, 2.45) is 0 Å². The van der Waals surface area contributed by atoms with Crippen LogP contribution in [0.3, 0.4) is 0 Å². The molecule has 0 aliphatic carbocycles. The lowest BCUT2D eigenvalue weighted by atomic mass is 10.00. The molecule has 1 N–H and O–H groups in total. The molecule has 1 aliphatic rings. The van der Waals surface area contributed by atoms with E-state index in [-0.39, 0.29) is 5.54 Å². The fourth-order valence-corrected chi connectivity index (χ4v) is 2.51. The number of hydrogen-bond acceptors (Lipinski definition) is 5. The summed E-state index contributed by atoms with van der Waals surface area (Å²) in [6.07, 6.45) is 3.85. The first-order valence-corrected chi connectivity index (χ1v) is 7.23. The average molecular weight is 266 g/mol. The zero-order valence-corrected chi connectivity index (χ0v) is 12.6. The number of nitrogens with one attached hydrogen (secondary N) is 1. The Balaban J connectivity index is 1.94. The van der Waals surface area contributed by atoms with Gasteiger partial charge in [-0.3, -0.25) is 4.90 Å². The highest BCUT2D eigenvalue weighted by Gasteiger charge is 2.25. The Hall–Kier alpha value is -0.940. The second-order valence-electron chi connectivity index (χ2n) is 6.55. The van der Waals surface area contributed by atoms with E-state index in [1.54, 1.807) is 0 Å². The van der Waals surface area contributed by atoms with Crippen molar-refractivity contribution >= 4 is 0 Å². The maximum Gasteiger partial charge on any atom is 0.122 e. The van der Waals surface area contributed by atoms with E-state index in [0.717, 1.165) is 31.0 Å². The van der Waals surface area contributed by atoms with Gasteiger partial charge in [0, 0.05) is 24.7 Å². The van der Waals surface area contributed by atoms with Crippen molar-refractivity contribution in [3.63, 3.8) is 0 Å². The number of piperidine rings is 1. The van der Waals surface area contributed by atoms with Gasteiger partial charge in [0.2, 0.25) is 0 Å². The van der Waals surface area contributed by atoms with Crippen molar-refractivity contribution in [1.82, 2.24) is 20.5 Å². The van der Waals surface area contributed by atoms with Gasteiger partial charge in [0.25, 0.3) is 0 Å². The van der Waals surface area contributed by atoms with Gasteiger partial charge in [0.05, 0.1) is 0 Å². The summed E-state index contributed by atoms with van der Waals surface area (Å²) in [5, 5.41) is 11.5. The lowest BCUT2D eigenvalue weighted by molar-refractivity contribution is 0.127. The van der Waals surface area contributed by atoms with Gasteiger partial charge >= 0.3 is 0 Å². The van der Waals surface area contributed by atoms with Gasteiger partial charge in [0.1, 0.15) is 11.4 Å². The summed E-state index contributed by atoms with van der Waals surface area (Å²) >= 11 is 0. The van der Waals surface area contributed by atoms with Gasteiger partial charge in [0.15, 0.2) is 0 Å². The maximum absolute atomic E-state index is 4.79. The van der Waals surface area contributed by atoms with Crippen molar-refractivity contribution in [2.75, 3.05) is 13.1 Å². The van der Waals surface area contributed by atoms with Crippen molar-refractivity contribution in [3.8, 4) is 0 Å². The summed E-state index contributed by atoms with van der Waals surface area (Å²) in [7, 11) is 0. The summed E-state index contributed by atoms with van der Waals surface area (Å²) in [5.41, 5.74) is 2.06. The van der Waals surface area contributed by atoms with Crippen LogP contribution in [-0.4, -0.2) is 39.9 Å². The quantitative estimate of drug-likeness (QED) is 0.904. The van der Waals surface area contributed by atoms with Crippen LogP contribution in [-0.2, 0) is 6.54 Å². The fourth-order valence-electron chi connectivity index (χ4n) is 2.51. The van der Waals surface area contributed by atoms with Gasteiger partial charge in [-0.15, -0.1) is 0 Å². The normalized spacial score (nSPS) is 21.8. The molecule has 19 heavy (non-hydrogen) atoms. The summed E-state index contributed by atoms with van der Waals surface area (Å²) in [6, 6.07) is 0.587. The third-order valence-electron chi connectivity index (χ3n) is 3.72. The first-order valence-electron chi connectivity index (χ1n) is 7.23. The Morgan fingerprint density at radius 3 is 2.74 bits per heavy atom. The predicted octanol–water partition coefficient (Wildman–Crippen LogP) is 2.12. The van der Waals surface area contributed by atoms with Crippen LogP contribution in [0.4, 0.5) is 0 Å². The van der Waals surface area contributed by atoms with Crippen molar-refractivity contribution in [2.45, 2.75) is 65.1 Å². The predicted molar refractivity (Wildman–Crippen MR) is 74.8 cm³/mol. The molecule has 1 unspecified atom stereocenters. The van der Waals surface area contributed by atoms with E-state index >= 15 is 0 Å². The number of rotatable bonds is 4. The second-order valence-corrected chi connectivity index (χ2v) is 6.55. The van der Waals surface area contributed by atoms with E-state index in [2.05, 4.69) is 41.3 Å². The van der Waals surface area contributed by atoms with E-state index in [4.69, 9.17) is 4.63 Å². The summed E-state index contributed by atoms with van der Waals surface area (Å²) < 4.78 is 4.79. The Morgan fingerprint density at radius 1 is 1.32 bits per heavy atom. The Kier molecular flexibility index (Phi) is 4.58. The standard InChI is InChI=1S/C14H26N4O/c1-11-13(17-19-16-11)10-18-8-6-5-7-12(18)9-15-14(2,3)4/h12,15H,5-10H2,1-4H3. The largest absolute Gasteiger partial charge is 0.311 e. The molecule has 0 spiro atoms. The molecule has 1 fully saturated rings. The lowest BCUT2D eigenvalue weighted by Gasteiger charge is -2.37.